The standard InChI is InChI=1S/C16H24FN3O.ClH/c1-12(20-8-7-16(2,10-18)11-20)15(21)19-9-13-3-5-14(17)6-4-13;/h3-6,12H,7-11,18H2,1-2H3,(H,19,21);1H. The lowest BCUT2D eigenvalue weighted by Crippen LogP contribution is -2.45. The molecule has 0 radical (unpaired) electrons. The van der Waals surface area contributed by atoms with Crippen LogP contribution in [0.1, 0.15) is 25.8 Å². The van der Waals surface area contributed by atoms with Crippen molar-refractivity contribution in [2.75, 3.05) is 19.6 Å². The third-order valence-electron chi connectivity index (χ3n) is 4.39. The Hall–Kier alpha value is -1.17. The van der Waals surface area contributed by atoms with Crippen LogP contribution in [0.4, 0.5) is 4.39 Å². The predicted octanol–water partition coefficient (Wildman–Crippen LogP) is 1.92. The van der Waals surface area contributed by atoms with Gasteiger partial charge < -0.3 is 11.1 Å². The number of halogens is 2. The molecule has 22 heavy (non-hydrogen) atoms. The van der Waals surface area contributed by atoms with E-state index in [4.69, 9.17) is 5.73 Å². The average Bonchev–Trinajstić information content (AvgIpc) is 2.89. The Kier molecular flexibility index (Phi) is 6.78. The molecule has 124 valence electrons. The second-order valence-corrected chi connectivity index (χ2v) is 6.26. The van der Waals surface area contributed by atoms with E-state index in [2.05, 4.69) is 17.1 Å². The molecule has 1 saturated heterocycles. The van der Waals surface area contributed by atoms with Crippen LogP contribution in [0.3, 0.4) is 0 Å². The molecule has 1 amide bonds. The molecule has 2 unspecified atom stereocenters. The first kappa shape index (κ1) is 18.9. The third kappa shape index (κ3) is 4.66. The molecule has 1 aromatic rings. The summed E-state index contributed by atoms with van der Waals surface area (Å²) in [6.45, 7) is 6.91. The number of carbonyl (C=O) groups excluding carboxylic acids is 1. The Bertz CT molecular complexity index is 497. The molecule has 0 aliphatic carbocycles. The van der Waals surface area contributed by atoms with Crippen LogP contribution in [0.25, 0.3) is 0 Å². The first-order valence-corrected chi connectivity index (χ1v) is 7.40. The van der Waals surface area contributed by atoms with Gasteiger partial charge in [-0.05, 0) is 49.5 Å². The lowest BCUT2D eigenvalue weighted by molar-refractivity contribution is -0.125. The molecule has 0 bridgehead atoms. The van der Waals surface area contributed by atoms with E-state index in [1.165, 1.54) is 12.1 Å². The molecule has 0 spiro atoms. The Morgan fingerprint density at radius 1 is 1.45 bits per heavy atom. The Morgan fingerprint density at radius 3 is 2.64 bits per heavy atom. The number of nitrogens with one attached hydrogen (secondary N) is 1. The van der Waals surface area contributed by atoms with Crippen LogP contribution >= 0.6 is 12.4 Å². The van der Waals surface area contributed by atoms with Crippen LogP contribution in [0.15, 0.2) is 24.3 Å². The Labute approximate surface area is 137 Å². The summed E-state index contributed by atoms with van der Waals surface area (Å²) in [5.41, 5.74) is 6.81. The van der Waals surface area contributed by atoms with Gasteiger partial charge >= 0.3 is 0 Å². The number of benzene rings is 1. The molecular weight excluding hydrogens is 305 g/mol. The van der Waals surface area contributed by atoms with Crippen molar-refractivity contribution >= 4 is 18.3 Å². The smallest absolute Gasteiger partial charge is 0.237 e. The van der Waals surface area contributed by atoms with Crippen molar-refractivity contribution in [1.29, 1.82) is 0 Å². The summed E-state index contributed by atoms with van der Waals surface area (Å²) in [4.78, 5) is 14.4. The highest BCUT2D eigenvalue weighted by Crippen LogP contribution is 2.29. The second kappa shape index (κ2) is 7.90. The van der Waals surface area contributed by atoms with Crippen molar-refractivity contribution in [2.24, 2.45) is 11.1 Å². The highest BCUT2D eigenvalue weighted by atomic mass is 35.5. The van der Waals surface area contributed by atoms with E-state index in [-0.39, 0.29) is 35.6 Å². The van der Waals surface area contributed by atoms with Gasteiger partial charge in [-0.1, -0.05) is 19.1 Å². The molecular formula is C16H25ClFN3O. The fourth-order valence-electron chi connectivity index (χ4n) is 2.66. The first-order valence-electron chi connectivity index (χ1n) is 7.40. The maximum absolute atomic E-state index is 12.8. The Morgan fingerprint density at radius 2 is 2.09 bits per heavy atom. The lowest BCUT2D eigenvalue weighted by Gasteiger charge is -2.26. The molecule has 1 aliphatic rings. The van der Waals surface area contributed by atoms with Crippen LogP contribution in [0.5, 0.6) is 0 Å². The van der Waals surface area contributed by atoms with Crippen molar-refractivity contribution < 1.29 is 9.18 Å². The van der Waals surface area contributed by atoms with Crippen LogP contribution in [0.2, 0.25) is 0 Å². The van der Waals surface area contributed by atoms with Gasteiger partial charge in [-0.15, -0.1) is 12.4 Å². The fraction of sp³-hybridized carbons (Fsp3) is 0.562. The Balaban J connectivity index is 0.00000242. The fourth-order valence-corrected chi connectivity index (χ4v) is 2.66. The van der Waals surface area contributed by atoms with Crippen molar-refractivity contribution in [3.63, 3.8) is 0 Å². The molecule has 3 N–H and O–H groups in total. The highest BCUT2D eigenvalue weighted by molar-refractivity contribution is 5.85. The number of rotatable bonds is 5. The van der Waals surface area contributed by atoms with E-state index >= 15 is 0 Å². The summed E-state index contributed by atoms with van der Waals surface area (Å²) in [5, 5.41) is 2.91. The van der Waals surface area contributed by atoms with Crippen molar-refractivity contribution in [3.05, 3.63) is 35.6 Å². The van der Waals surface area contributed by atoms with Gasteiger partial charge in [-0.2, -0.15) is 0 Å². The van der Waals surface area contributed by atoms with Gasteiger partial charge in [0.25, 0.3) is 0 Å². The molecule has 1 heterocycles. The van der Waals surface area contributed by atoms with E-state index < -0.39 is 0 Å². The monoisotopic (exact) mass is 329 g/mol. The predicted molar refractivity (Wildman–Crippen MR) is 88.3 cm³/mol. The molecule has 2 atom stereocenters. The SMILES string of the molecule is CC(C(=O)NCc1ccc(F)cc1)N1CCC(C)(CN)C1.Cl. The summed E-state index contributed by atoms with van der Waals surface area (Å²) in [6, 6.07) is 6.00. The zero-order chi connectivity index (χ0) is 15.5. The number of carbonyl (C=O) groups is 1. The first-order chi connectivity index (χ1) is 9.93. The van der Waals surface area contributed by atoms with Gasteiger partial charge in [0.05, 0.1) is 6.04 Å². The number of hydrogen-bond acceptors (Lipinski definition) is 3. The van der Waals surface area contributed by atoms with Gasteiger partial charge in [0, 0.05) is 13.1 Å². The number of nitrogens with zero attached hydrogens (tertiary/aromatic N) is 1. The number of amides is 1. The minimum atomic E-state index is -0.267. The van der Waals surface area contributed by atoms with Gasteiger partial charge in [-0.25, -0.2) is 4.39 Å². The average molecular weight is 330 g/mol. The number of hydrogen-bond donors (Lipinski definition) is 2. The van der Waals surface area contributed by atoms with Crippen molar-refractivity contribution in [2.45, 2.75) is 32.9 Å². The van der Waals surface area contributed by atoms with Crippen molar-refractivity contribution in [3.8, 4) is 0 Å². The van der Waals surface area contributed by atoms with Gasteiger partial charge in [0.15, 0.2) is 0 Å². The van der Waals surface area contributed by atoms with Crippen LogP contribution in [0, 0.1) is 11.2 Å². The quantitative estimate of drug-likeness (QED) is 0.867. The summed E-state index contributed by atoms with van der Waals surface area (Å²) >= 11 is 0. The molecule has 1 fully saturated rings. The maximum Gasteiger partial charge on any atom is 0.237 e. The zero-order valence-electron chi connectivity index (χ0n) is 13.1. The van der Waals surface area contributed by atoms with Crippen LogP contribution in [-0.2, 0) is 11.3 Å². The molecule has 4 nitrogen and oxygen atoms in total. The summed E-state index contributed by atoms with van der Waals surface area (Å²) in [5.74, 6) is -0.267. The molecule has 0 saturated carbocycles. The summed E-state index contributed by atoms with van der Waals surface area (Å²) in [6.07, 6.45) is 1.03. The highest BCUT2D eigenvalue weighted by Gasteiger charge is 2.36. The molecule has 2 rings (SSSR count). The number of likely N-dealkylation sites (tertiary alicyclic amines) is 1. The minimum absolute atomic E-state index is 0. The summed E-state index contributed by atoms with van der Waals surface area (Å²) in [7, 11) is 0. The van der Waals surface area contributed by atoms with E-state index in [9.17, 15) is 9.18 Å². The van der Waals surface area contributed by atoms with Crippen LogP contribution < -0.4 is 11.1 Å². The van der Waals surface area contributed by atoms with Gasteiger partial charge in [0.2, 0.25) is 5.91 Å². The normalized spacial score (nSPS) is 22.9. The van der Waals surface area contributed by atoms with E-state index in [1.807, 2.05) is 6.92 Å². The molecule has 1 aliphatic heterocycles. The maximum atomic E-state index is 12.8. The largest absolute Gasteiger partial charge is 0.351 e. The van der Waals surface area contributed by atoms with Gasteiger partial charge in [0.1, 0.15) is 5.82 Å². The van der Waals surface area contributed by atoms with E-state index in [0.29, 0.717) is 13.1 Å². The lowest BCUT2D eigenvalue weighted by atomic mass is 9.90. The third-order valence-corrected chi connectivity index (χ3v) is 4.39. The van der Waals surface area contributed by atoms with E-state index in [0.717, 1.165) is 25.1 Å². The zero-order valence-corrected chi connectivity index (χ0v) is 14.0. The molecule has 6 heteroatoms. The topological polar surface area (TPSA) is 58.4 Å². The van der Waals surface area contributed by atoms with Crippen LogP contribution in [-0.4, -0.2) is 36.5 Å². The second-order valence-electron chi connectivity index (χ2n) is 6.26. The van der Waals surface area contributed by atoms with E-state index in [1.54, 1.807) is 12.1 Å². The minimum Gasteiger partial charge on any atom is -0.351 e. The number of nitrogens with two attached hydrogens (primary N) is 1. The summed E-state index contributed by atoms with van der Waals surface area (Å²) < 4.78 is 12.8. The molecule has 0 aromatic heterocycles. The van der Waals surface area contributed by atoms with Crippen molar-refractivity contribution in [1.82, 2.24) is 10.2 Å². The molecule has 1 aromatic carbocycles. The van der Waals surface area contributed by atoms with Gasteiger partial charge in [-0.3, -0.25) is 9.69 Å².